The van der Waals surface area contributed by atoms with E-state index in [9.17, 15) is 0 Å². The van der Waals surface area contributed by atoms with Crippen LogP contribution in [0, 0.1) is 19.8 Å². The van der Waals surface area contributed by atoms with E-state index < -0.39 is 0 Å². The number of rotatable bonds is 5. The highest BCUT2D eigenvalue weighted by Crippen LogP contribution is 2.13. The quantitative estimate of drug-likeness (QED) is 0.829. The lowest BCUT2D eigenvalue weighted by molar-refractivity contribution is 0.473. The molecule has 1 rings (SSSR count). The van der Waals surface area contributed by atoms with Crippen LogP contribution in [0.1, 0.15) is 37.7 Å². The van der Waals surface area contributed by atoms with Crippen LogP contribution in [0.4, 0.5) is 0 Å². The maximum atomic E-state index is 4.26. The molecule has 0 aromatic carbocycles. The van der Waals surface area contributed by atoms with Crippen molar-refractivity contribution in [2.45, 2.75) is 47.1 Å². The summed E-state index contributed by atoms with van der Waals surface area (Å²) in [6, 6.07) is 0.552. The first-order chi connectivity index (χ1) is 7.50. The first-order valence-corrected chi connectivity index (χ1v) is 6.01. The number of aromatic nitrogens is 2. The molecule has 1 N–H and O–H groups in total. The lowest BCUT2D eigenvalue weighted by atomic mass is 9.98. The minimum Gasteiger partial charge on any atom is -0.314 e. The second-order valence-corrected chi connectivity index (χ2v) is 4.90. The maximum absolute atomic E-state index is 4.26. The van der Waals surface area contributed by atoms with Crippen molar-refractivity contribution >= 4 is 0 Å². The molecule has 1 aromatic heterocycles. The number of nitrogens with zero attached hydrogens (tertiary/aromatic N) is 2. The van der Waals surface area contributed by atoms with E-state index in [4.69, 9.17) is 0 Å². The van der Waals surface area contributed by atoms with Crippen LogP contribution in [0.25, 0.3) is 0 Å². The topological polar surface area (TPSA) is 37.8 Å². The van der Waals surface area contributed by atoms with Crippen LogP contribution < -0.4 is 5.32 Å². The van der Waals surface area contributed by atoms with Crippen molar-refractivity contribution in [1.82, 2.24) is 15.3 Å². The summed E-state index contributed by atoms with van der Waals surface area (Å²) in [4.78, 5) is 8.51. The van der Waals surface area contributed by atoms with Crippen LogP contribution in [-0.2, 0) is 6.42 Å². The largest absolute Gasteiger partial charge is 0.314 e. The van der Waals surface area contributed by atoms with Crippen molar-refractivity contribution in [3.05, 3.63) is 23.3 Å². The summed E-state index contributed by atoms with van der Waals surface area (Å²) in [6.45, 7) is 11.8. The fourth-order valence-corrected chi connectivity index (χ4v) is 1.77. The fourth-order valence-electron chi connectivity index (χ4n) is 1.77. The predicted octanol–water partition coefficient (Wildman–Crippen LogP) is 2.27. The number of nitrogens with one attached hydrogen (secondary N) is 1. The van der Waals surface area contributed by atoms with Crippen molar-refractivity contribution in [1.29, 1.82) is 0 Å². The molecule has 0 aliphatic carbocycles. The van der Waals surface area contributed by atoms with E-state index in [1.165, 1.54) is 5.56 Å². The lowest BCUT2D eigenvalue weighted by Gasteiger charge is -2.16. The smallest absolute Gasteiger partial charge is 0.115 e. The van der Waals surface area contributed by atoms with Gasteiger partial charge in [-0.2, -0.15) is 0 Å². The molecule has 0 bridgehead atoms. The molecular formula is C13H23N3. The third kappa shape index (κ3) is 3.89. The number of hydrogen-bond donors (Lipinski definition) is 1. The average molecular weight is 221 g/mol. The first kappa shape index (κ1) is 13.1. The third-order valence-electron chi connectivity index (χ3n) is 2.80. The van der Waals surface area contributed by atoms with Gasteiger partial charge in [0, 0.05) is 17.4 Å². The second kappa shape index (κ2) is 5.94. The molecule has 0 radical (unpaired) electrons. The molecular weight excluding hydrogens is 198 g/mol. The molecule has 0 saturated heterocycles. The van der Waals surface area contributed by atoms with E-state index in [1.807, 2.05) is 0 Å². The third-order valence-corrected chi connectivity index (χ3v) is 2.80. The van der Waals surface area contributed by atoms with Crippen LogP contribution in [0.5, 0.6) is 0 Å². The van der Waals surface area contributed by atoms with Gasteiger partial charge in [-0.3, -0.25) is 0 Å². The summed E-state index contributed by atoms with van der Waals surface area (Å²) >= 11 is 0. The van der Waals surface area contributed by atoms with E-state index in [-0.39, 0.29) is 0 Å². The molecule has 0 amide bonds. The molecule has 3 nitrogen and oxygen atoms in total. The Kier molecular flexibility index (Phi) is 4.87. The Labute approximate surface area is 98.7 Å². The van der Waals surface area contributed by atoms with Crippen LogP contribution in [0.2, 0.25) is 0 Å². The van der Waals surface area contributed by atoms with Gasteiger partial charge in [-0.1, -0.05) is 20.8 Å². The van der Waals surface area contributed by atoms with Crippen molar-refractivity contribution < 1.29 is 0 Å². The summed E-state index contributed by atoms with van der Waals surface area (Å²) in [5, 5.41) is 3.46. The summed E-state index contributed by atoms with van der Waals surface area (Å²) in [7, 11) is 0. The van der Waals surface area contributed by atoms with Gasteiger partial charge in [-0.25, -0.2) is 9.97 Å². The molecule has 1 aromatic rings. The summed E-state index contributed by atoms with van der Waals surface area (Å²) in [5.74, 6) is 0.616. The van der Waals surface area contributed by atoms with Crippen LogP contribution in [0.3, 0.4) is 0 Å². The average Bonchev–Trinajstić information content (AvgIpc) is 2.21. The zero-order chi connectivity index (χ0) is 12.1. The first-order valence-electron chi connectivity index (χ1n) is 6.01. The summed E-state index contributed by atoms with van der Waals surface area (Å²) in [6.07, 6.45) is 2.70. The van der Waals surface area contributed by atoms with Crippen molar-refractivity contribution in [3.63, 3.8) is 0 Å². The molecule has 0 aliphatic rings. The Morgan fingerprint density at radius 3 is 2.19 bits per heavy atom. The minimum absolute atomic E-state index is 0.552. The molecule has 0 spiro atoms. The molecule has 1 heterocycles. The fraction of sp³-hybridized carbons (Fsp3) is 0.692. The minimum atomic E-state index is 0.552. The second-order valence-electron chi connectivity index (χ2n) is 4.90. The Balaban J connectivity index is 2.59. The zero-order valence-electron chi connectivity index (χ0n) is 11.0. The predicted molar refractivity (Wildman–Crippen MR) is 67.5 cm³/mol. The molecule has 0 aliphatic heterocycles. The van der Waals surface area contributed by atoms with E-state index >= 15 is 0 Å². The monoisotopic (exact) mass is 221 g/mol. The maximum Gasteiger partial charge on any atom is 0.115 e. The van der Waals surface area contributed by atoms with Crippen LogP contribution in [-0.4, -0.2) is 22.6 Å². The van der Waals surface area contributed by atoms with Gasteiger partial charge in [0.25, 0.3) is 0 Å². The van der Waals surface area contributed by atoms with E-state index in [0.29, 0.717) is 12.0 Å². The number of aryl methyl sites for hydroxylation is 2. The Bertz CT molecular complexity index is 314. The molecule has 90 valence electrons. The van der Waals surface area contributed by atoms with Gasteiger partial charge in [0.1, 0.15) is 6.33 Å². The highest BCUT2D eigenvalue weighted by Gasteiger charge is 2.10. The van der Waals surface area contributed by atoms with Crippen LogP contribution in [0.15, 0.2) is 6.33 Å². The Hall–Kier alpha value is -0.960. The zero-order valence-corrected chi connectivity index (χ0v) is 11.0. The molecule has 0 saturated carbocycles. The van der Waals surface area contributed by atoms with E-state index in [2.05, 4.69) is 49.9 Å². The highest BCUT2D eigenvalue weighted by atomic mass is 14.9. The lowest BCUT2D eigenvalue weighted by Crippen LogP contribution is -2.29. The van der Waals surface area contributed by atoms with Crippen molar-refractivity contribution in [2.75, 3.05) is 6.54 Å². The SMILES string of the molecule is Cc1ncnc(C)c1CC(C)CNC(C)C. The van der Waals surface area contributed by atoms with Gasteiger partial charge >= 0.3 is 0 Å². The molecule has 1 atom stereocenters. The van der Waals surface area contributed by atoms with Gasteiger partial charge in [0.05, 0.1) is 0 Å². The van der Waals surface area contributed by atoms with Gasteiger partial charge in [-0.15, -0.1) is 0 Å². The number of hydrogen-bond acceptors (Lipinski definition) is 3. The summed E-state index contributed by atoms with van der Waals surface area (Å²) in [5.41, 5.74) is 3.54. The van der Waals surface area contributed by atoms with Gasteiger partial charge in [-0.05, 0) is 38.3 Å². The van der Waals surface area contributed by atoms with E-state index in [1.54, 1.807) is 6.33 Å². The summed E-state index contributed by atoms with van der Waals surface area (Å²) < 4.78 is 0. The van der Waals surface area contributed by atoms with Gasteiger partial charge in [0.2, 0.25) is 0 Å². The standard InChI is InChI=1S/C13H23N3/c1-9(2)14-7-10(3)6-13-11(4)15-8-16-12(13)5/h8-10,14H,6-7H2,1-5H3. The Morgan fingerprint density at radius 1 is 1.12 bits per heavy atom. The normalized spacial score (nSPS) is 13.1. The van der Waals surface area contributed by atoms with Crippen LogP contribution >= 0.6 is 0 Å². The molecule has 3 heteroatoms. The van der Waals surface area contributed by atoms with Gasteiger partial charge < -0.3 is 5.32 Å². The molecule has 1 unspecified atom stereocenters. The highest BCUT2D eigenvalue weighted by molar-refractivity contribution is 5.23. The van der Waals surface area contributed by atoms with E-state index in [0.717, 1.165) is 24.4 Å². The van der Waals surface area contributed by atoms with Crippen molar-refractivity contribution in [2.24, 2.45) is 5.92 Å². The molecule has 16 heavy (non-hydrogen) atoms. The van der Waals surface area contributed by atoms with Crippen molar-refractivity contribution in [3.8, 4) is 0 Å². The molecule has 0 fully saturated rings. The van der Waals surface area contributed by atoms with Gasteiger partial charge in [0.15, 0.2) is 0 Å². The Morgan fingerprint density at radius 2 is 1.69 bits per heavy atom.